The molecule has 0 aliphatic carbocycles. The molecule has 0 radical (unpaired) electrons. The fourth-order valence-electron chi connectivity index (χ4n) is 3.94. The van der Waals surface area contributed by atoms with Gasteiger partial charge in [0.1, 0.15) is 5.75 Å². The molecule has 1 aromatic heterocycles. The zero-order valence-corrected chi connectivity index (χ0v) is 20.6. The Bertz CT molecular complexity index is 1290. The number of halogens is 1. The van der Waals surface area contributed by atoms with Crippen LogP contribution in [0.4, 0.5) is 0 Å². The Morgan fingerprint density at radius 1 is 1.06 bits per heavy atom. The summed E-state index contributed by atoms with van der Waals surface area (Å²) < 4.78 is 6.27. The fraction of sp³-hybridized carbons (Fsp3) is 0.214. The summed E-state index contributed by atoms with van der Waals surface area (Å²) in [5.41, 5.74) is 5.37. The maximum Gasteiger partial charge on any atom is 0.252 e. The van der Waals surface area contributed by atoms with Gasteiger partial charge in [0.2, 0.25) is 0 Å². The molecule has 1 amide bonds. The average Bonchev–Trinajstić information content (AvgIpc) is 2.84. The molecule has 4 aromatic rings. The molecule has 0 unspecified atom stereocenters. The molecule has 0 bridgehead atoms. The van der Waals surface area contributed by atoms with Crippen molar-refractivity contribution < 1.29 is 9.53 Å². The van der Waals surface area contributed by atoms with Crippen LogP contribution in [0.1, 0.15) is 47.8 Å². The van der Waals surface area contributed by atoms with Gasteiger partial charge in [0.05, 0.1) is 29.9 Å². The Morgan fingerprint density at radius 2 is 1.85 bits per heavy atom. The number of hydrogen-bond donors (Lipinski definition) is 1. The summed E-state index contributed by atoms with van der Waals surface area (Å²) >= 11 is 3.53. The van der Waals surface area contributed by atoms with E-state index >= 15 is 0 Å². The molecule has 168 valence electrons. The molecule has 0 spiro atoms. The molecule has 0 saturated heterocycles. The number of fused-ring (bicyclic) bond motifs is 1. The Kier molecular flexibility index (Phi) is 7.09. The number of pyridine rings is 1. The fourth-order valence-corrected chi connectivity index (χ4v) is 4.30. The summed E-state index contributed by atoms with van der Waals surface area (Å²) in [6.07, 6.45) is 2.18. The van der Waals surface area contributed by atoms with E-state index in [1.165, 1.54) is 5.56 Å². The number of nitrogens with one attached hydrogen (secondary N) is 1. The van der Waals surface area contributed by atoms with Gasteiger partial charge in [-0.15, -0.1) is 0 Å². The highest BCUT2D eigenvalue weighted by Crippen LogP contribution is 2.29. The van der Waals surface area contributed by atoms with Crippen molar-refractivity contribution in [3.63, 3.8) is 0 Å². The van der Waals surface area contributed by atoms with Gasteiger partial charge >= 0.3 is 0 Å². The summed E-state index contributed by atoms with van der Waals surface area (Å²) in [6, 6.07) is 23.7. The predicted molar refractivity (Wildman–Crippen MR) is 138 cm³/mol. The van der Waals surface area contributed by atoms with Crippen LogP contribution >= 0.6 is 15.9 Å². The van der Waals surface area contributed by atoms with Crippen LogP contribution in [0.15, 0.2) is 77.3 Å². The van der Waals surface area contributed by atoms with Crippen molar-refractivity contribution in [1.82, 2.24) is 10.3 Å². The van der Waals surface area contributed by atoms with Crippen molar-refractivity contribution in [2.75, 3.05) is 7.11 Å². The Hall–Kier alpha value is -3.18. The number of aryl methyl sites for hydroxylation is 1. The Morgan fingerprint density at radius 3 is 2.58 bits per heavy atom. The average molecular weight is 503 g/mol. The molecule has 0 fully saturated rings. The lowest BCUT2D eigenvalue weighted by Crippen LogP contribution is -2.27. The minimum atomic E-state index is -0.130. The first-order valence-corrected chi connectivity index (χ1v) is 11.9. The van der Waals surface area contributed by atoms with Crippen LogP contribution in [0, 0.1) is 0 Å². The maximum absolute atomic E-state index is 13.5. The van der Waals surface area contributed by atoms with Crippen LogP contribution in [0.3, 0.4) is 0 Å². The zero-order chi connectivity index (χ0) is 23.4. The van der Waals surface area contributed by atoms with Crippen molar-refractivity contribution in [3.05, 3.63) is 94.0 Å². The number of nitrogens with zero attached hydrogens (tertiary/aromatic N) is 1. The van der Waals surface area contributed by atoms with Crippen LogP contribution in [0.25, 0.3) is 22.2 Å². The SMILES string of the molecule is CCCc1ccc([C@@H](C)NC(=O)c2cc(-c3cccc(OC)c3)nc3ccc(Br)cc23)cc1. The quantitative estimate of drug-likeness (QED) is 0.292. The lowest BCUT2D eigenvalue weighted by molar-refractivity contribution is 0.0941. The summed E-state index contributed by atoms with van der Waals surface area (Å²) in [4.78, 5) is 18.3. The topological polar surface area (TPSA) is 51.2 Å². The van der Waals surface area contributed by atoms with Gasteiger partial charge in [-0.25, -0.2) is 4.98 Å². The van der Waals surface area contributed by atoms with Crippen LogP contribution < -0.4 is 10.1 Å². The number of ether oxygens (including phenoxy) is 1. The molecular formula is C28H27BrN2O2. The van der Waals surface area contributed by atoms with Crippen LogP contribution in [-0.4, -0.2) is 18.0 Å². The molecule has 1 atom stereocenters. The van der Waals surface area contributed by atoms with Crippen LogP contribution in [-0.2, 0) is 6.42 Å². The number of methoxy groups -OCH3 is 1. The lowest BCUT2D eigenvalue weighted by atomic mass is 10.0. The molecule has 1 heterocycles. The van der Waals surface area contributed by atoms with Gasteiger partial charge in [0.25, 0.3) is 5.91 Å². The molecule has 5 heteroatoms. The first kappa shape index (κ1) is 23.0. The number of carbonyl (C=O) groups excluding carboxylic acids is 1. The predicted octanol–water partition coefficient (Wildman–Crippen LogP) is 7.12. The van der Waals surface area contributed by atoms with Gasteiger partial charge < -0.3 is 10.1 Å². The van der Waals surface area contributed by atoms with E-state index in [0.29, 0.717) is 5.56 Å². The Labute approximate surface area is 203 Å². The molecular weight excluding hydrogens is 476 g/mol. The standard InChI is InChI=1S/C28H27BrN2O2/c1-4-6-19-9-11-20(12-10-19)18(2)30-28(32)25-17-27(21-7-5-8-23(15-21)33-3)31-26-14-13-22(29)16-24(25)26/h5,7-18H,4,6H2,1-3H3,(H,30,32)/t18-/m1/s1. The third-order valence-corrected chi connectivity index (χ3v) is 6.24. The van der Waals surface area contributed by atoms with Gasteiger partial charge in [0.15, 0.2) is 0 Å². The molecule has 4 rings (SSSR count). The van der Waals surface area contributed by atoms with E-state index in [1.807, 2.05) is 55.5 Å². The van der Waals surface area contributed by atoms with Crippen LogP contribution in [0.5, 0.6) is 5.75 Å². The highest BCUT2D eigenvalue weighted by Gasteiger charge is 2.17. The zero-order valence-electron chi connectivity index (χ0n) is 19.1. The van der Waals surface area contributed by atoms with Gasteiger partial charge in [-0.3, -0.25) is 4.79 Å². The van der Waals surface area contributed by atoms with Gasteiger partial charge in [-0.1, -0.05) is 65.7 Å². The largest absolute Gasteiger partial charge is 0.497 e. The highest BCUT2D eigenvalue weighted by molar-refractivity contribution is 9.10. The summed E-state index contributed by atoms with van der Waals surface area (Å²) in [6.45, 7) is 4.18. The van der Waals surface area contributed by atoms with Gasteiger partial charge in [0, 0.05) is 15.4 Å². The lowest BCUT2D eigenvalue weighted by Gasteiger charge is -2.17. The van der Waals surface area contributed by atoms with Gasteiger partial charge in [-0.05, 0) is 60.9 Å². The molecule has 0 saturated carbocycles. The van der Waals surface area contributed by atoms with E-state index in [2.05, 4.69) is 52.4 Å². The van der Waals surface area contributed by atoms with Crippen molar-refractivity contribution in [1.29, 1.82) is 0 Å². The molecule has 1 N–H and O–H groups in total. The van der Waals surface area contributed by atoms with Crippen molar-refractivity contribution in [3.8, 4) is 17.0 Å². The number of hydrogen-bond acceptors (Lipinski definition) is 3. The van der Waals surface area contributed by atoms with E-state index in [0.717, 1.165) is 50.8 Å². The molecule has 0 aliphatic rings. The summed E-state index contributed by atoms with van der Waals surface area (Å²) in [5, 5.41) is 3.97. The van der Waals surface area contributed by atoms with E-state index in [4.69, 9.17) is 9.72 Å². The van der Waals surface area contributed by atoms with E-state index in [9.17, 15) is 4.79 Å². The number of carbonyl (C=O) groups is 1. The second kappa shape index (κ2) is 10.2. The van der Waals surface area contributed by atoms with E-state index < -0.39 is 0 Å². The molecule has 33 heavy (non-hydrogen) atoms. The maximum atomic E-state index is 13.5. The van der Waals surface area contributed by atoms with Crippen molar-refractivity contribution in [2.45, 2.75) is 32.7 Å². The number of amides is 1. The first-order chi connectivity index (χ1) is 16.0. The monoisotopic (exact) mass is 502 g/mol. The minimum absolute atomic E-state index is 0.121. The van der Waals surface area contributed by atoms with Gasteiger partial charge in [-0.2, -0.15) is 0 Å². The second-order valence-electron chi connectivity index (χ2n) is 8.14. The normalized spacial score (nSPS) is 11.9. The number of rotatable bonds is 7. The molecule has 0 aliphatic heterocycles. The van der Waals surface area contributed by atoms with E-state index in [1.54, 1.807) is 7.11 Å². The third-order valence-electron chi connectivity index (χ3n) is 5.75. The number of aromatic nitrogens is 1. The second-order valence-corrected chi connectivity index (χ2v) is 9.05. The van der Waals surface area contributed by atoms with Crippen LogP contribution in [0.2, 0.25) is 0 Å². The minimum Gasteiger partial charge on any atom is -0.497 e. The molecule has 3 aromatic carbocycles. The van der Waals surface area contributed by atoms with Crippen molar-refractivity contribution in [2.24, 2.45) is 0 Å². The number of benzene rings is 3. The molecule has 4 nitrogen and oxygen atoms in total. The third kappa shape index (κ3) is 5.25. The van der Waals surface area contributed by atoms with Crippen molar-refractivity contribution >= 4 is 32.7 Å². The summed E-state index contributed by atoms with van der Waals surface area (Å²) in [7, 11) is 1.64. The highest BCUT2D eigenvalue weighted by atomic mass is 79.9. The Balaban J connectivity index is 1.70. The smallest absolute Gasteiger partial charge is 0.252 e. The van der Waals surface area contributed by atoms with E-state index in [-0.39, 0.29) is 11.9 Å². The summed E-state index contributed by atoms with van der Waals surface area (Å²) in [5.74, 6) is 0.617. The first-order valence-electron chi connectivity index (χ1n) is 11.1.